The Balaban J connectivity index is 1.89. The van der Waals surface area contributed by atoms with Gasteiger partial charge in [-0.2, -0.15) is 0 Å². The number of phenolic OH excluding ortho intramolecular Hbond substituents is 1. The Morgan fingerprint density at radius 2 is 1.97 bits per heavy atom. The van der Waals surface area contributed by atoms with E-state index in [0.29, 0.717) is 27.8 Å². The lowest BCUT2D eigenvalue weighted by molar-refractivity contribution is -0.133. The van der Waals surface area contributed by atoms with Crippen molar-refractivity contribution in [1.82, 2.24) is 0 Å². The summed E-state index contributed by atoms with van der Waals surface area (Å²) in [6.45, 7) is 2.75. The third-order valence-electron chi connectivity index (χ3n) is 5.98. The average Bonchev–Trinajstić information content (AvgIpc) is 3.02. The normalized spacial score (nSPS) is 26.9. The third-order valence-corrected chi connectivity index (χ3v) is 5.98. The molecule has 8 nitrogen and oxygen atoms in total. The maximum Gasteiger partial charge on any atom is 0.343 e. The van der Waals surface area contributed by atoms with E-state index >= 15 is 0 Å². The van der Waals surface area contributed by atoms with Crippen LogP contribution in [-0.2, 0) is 19.9 Å². The highest BCUT2D eigenvalue weighted by Gasteiger charge is 2.55. The summed E-state index contributed by atoms with van der Waals surface area (Å²) in [5, 5.41) is 39.2. The number of hydrogen-bond donors (Lipinski definition) is 4. The summed E-state index contributed by atoms with van der Waals surface area (Å²) >= 11 is 0. The quantitative estimate of drug-likeness (QED) is 0.406. The molecule has 0 saturated carbocycles. The molecule has 0 amide bonds. The molecule has 4 rings (SSSR count). The van der Waals surface area contributed by atoms with Crippen LogP contribution in [0.2, 0.25) is 0 Å². The third kappa shape index (κ3) is 3.32. The van der Waals surface area contributed by atoms with E-state index in [1.165, 1.54) is 26.0 Å². The SMILES string of the molecule is CC(O)C(O)C=CC=Cc1cc(O)c2c3c1C1=C(COC(CO)C1)C(=O)C3(C)OC2=O. The number of hydrogen-bond acceptors (Lipinski definition) is 8. The number of Topliss-reactive ketones (excluding diaryl/α,β-unsaturated/α-hetero) is 1. The lowest BCUT2D eigenvalue weighted by atomic mass is 9.71. The van der Waals surface area contributed by atoms with Gasteiger partial charge in [0.1, 0.15) is 11.3 Å². The second-order valence-electron chi connectivity index (χ2n) is 8.11. The lowest BCUT2D eigenvalue weighted by Gasteiger charge is -2.37. The fraction of sp³-hybridized carbons (Fsp3) is 0.391. The molecule has 0 spiro atoms. The molecule has 8 heteroatoms. The molecule has 0 saturated heterocycles. The van der Waals surface area contributed by atoms with Gasteiger partial charge < -0.3 is 29.9 Å². The largest absolute Gasteiger partial charge is 0.507 e. The molecule has 164 valence electrons. The molecule has 4 N–H and O–H groups in total. The summed E-state index contributed by atoms with van der Waals surface area (Å²) in [7, 11) is 0. The molecule has 31 heavy (non-hydrogen) atoms. The Hall–Kier alpha value is -2.78. The lowest BCUT2D eigenvalue weighted by Crippen LogP contribution is -2.42. The van der Waals surface area contributed by atoms with E-state index in [4.69, 9.17) is 9.47 Å². The molecule has 3 aliphatic rings. The minimum Gasteiger partial charge on any atom is -0.507 e. The van der Waals surface area contributed by atoms with Gasteiger partial charge in [0.25, 0.3) is 0 Å². The van der Waals surface area contributed by atoms with Crippen molar-refractivity contribution in [1.29, 1.82) is 0 Å². The van der Waals surface area contributed by atoms with Crippen molar-refractivity contribution in [3.63, 3.8) is 0 Å². The number of ether oxygens (including phenoxy) is 2. The highest BCUT2D eigenvalue weighted by Crippen LogP contribution is 2.53. The Morgan fingerprint density at radius 1 is 1.23 bits per heavy atom. The molecule has 0 aromatic heterocycles. The van der Waals surface area contributed by atoms with Gasteiger partial charge >= 0.3 is 5.97 Å². The van der Waals surface area contributed by atoms with Crippen LogP contribution in [0.25, 0.3) is 11.6 Å². The van der Waals surface area contributed by atoms with Crippen LogP contribution < -0.4 is 0 Å². The Kier molecular flexibility index (Phi) is 5.35. The summed E-state index contributed by atoms with van der Waals surface area (Å²) in [6, 6.07) is 1.43. The number of aliphatic hydroxyl groups is 3. The molecule has 0 bridgehead atoms. The second kappa shape index (κ2) is 7.72. The number of fused-ring (bicyclic) bond motifs is 1. The number of aromatic hydroxyl groups is 1. The van der Waals surface area contributed by atoms with Crippen LogP contribution in [0.4, 0.5) is 0 Å². The fourth-order valence-electron chi connectivity index (χ4n) is 4.33. The standard InChI is InChI=1S/C23H24O8/c1-11(25)16(26)6-4-3-5-12-7-17(27)19-20-18(12)14-8-13(9-24)30-10-15(14)21(28)23(20,2)31-22(19)29/h3-7,11,13,16,24-27H,8-10H2,1-2H3. The second-order valence-corrected chi connectivity index (χ2v) is 8.11. The maximum absolute atomic E-state index is 13.2. The van der Waals surface area contributed by atoms with Crippen molar-refractivity contribution in [3.8, 4) is 5.75 Å². The number of aliphatic hydroxyl groups excluding tert-OH is 3. The first-order chi connectivity index (χ1) is 14.7. The monoisotopic (exact) mass is 428 g/mol. The van der Waals surface area contributed by atoms with Crippen LogP contribution >= 0.6 is 0 Å². The van der Waals surface area contributed by atoms with Gasteiger partial charge in [0.15, 0.2) is 5.60 Å². The van der Waals surface area contributed by atoms with Gasteiger partial charge in [-0.3, -0.25) is 4.79 Å². The number of ketones is 1. The molecule has 1 aromatic rings. The summed E-state index contributed by atoms with van der Waals surface area (Å²) in [5.74, 6) is -1.44. The van der Waals surface area contributed by atoms with E-state index in [1.807, 2.05) is 0 Å². The van der Waals surface area contributed by atoms with Gasteiger partial charge in [-0.15, -0.1) is 0 Å². The number of esters is 1. The highest BCUT2D eigenvalue weighted by molar-refractivity contribution is 6.18. The van der Waals surface area contributed by atoms with E-state index in [1.54, 1.807) is 18.2 Å². The van der Waals surface area contributed by atoms with Crippen LogP contribution in [0.3, 0.4) is 0 Å². The molecule has 2 aliphatic heterocycles. The van der Waals surface area contributed by atoms with Crippen LogP contribution in [-0.4, -0.2) is 63.7 Å². The smallest absolute Gasteiger partial charge is 0.343 e. The van der Waals surface area contributed by atoms with E-state index in [-0.39, 0.29) is 36.7 Å². The topological polar surface area (TPSA) is 134 Å². The zero-order valence-electron chi connectivity index (χ0n) is 17.2. The Bertz CT molecular complexity index is 1050. The number of allylic oxidation sites excluding steroid dienone is 2. The van der Waals surface area contributed by atoms with Crippen molar-refractivity contribution < 1.29 is 39.5 Å². The van der Waals surface area contributed by atoms with Gasteiger partial charge in [0.2, 0.25) is 5.78 Å². The molecular weight excluding hydrogens is 404 g/mol. The Labute approximate surface area is 178 Å². The molecular formula is C23H24O8. The van der Waals surface area contributed by atoms with Crippen molar-refractivity contribution in [2.45, 2.75) is 44.2 Å². The van der Waals surface area contributed by atoms with E-state index in [0.717, 1.165) is 0 Å². The zero-order valence-corrected chi connectivity index (χ0v) is 17.2. The number of carbonyl (C=O) groups excluding carboxylic acids is 2. The van der Waals surface area contributed by atoms with Crippen molar-refractivity contribution >= 4 is 23.4 Å². The van der Waals surface area contributed by atoms with Gasteiger partial charge in [-0.25, -0.2) is 4.79 Å². The van der Waals surface area contributed by atoms with Crippen LogP contribution in [0, 0.1) is 0 Å². The predicted octanol–water partition coefficient (Wildman–Crippen LogP) is 1.21. The van der Waals surface area contributed by atoms with Gasteiger partial charge in [-0.05, 0) is 36.6 Å². The minimum atomic E-state index is -1.56. The number of rotatable bonds is 5. The molecule has 0 fully saturated rings. The summed E-state index contributed by atoms with van der Waals surface area (Å²) in [5.41, 5.74) is 0.953. The molecule has 4 unspecified atom stereocenters. The molecule has 0 radical (unpaired) electrons. The molecule has 1 aliphatic carbocycles. The zero-order chi connectivity index (χ0) is 22.5. The van der Waals surface area contributed by atoms with E-state index in [9.17, 15) is 30.0 Å². The summed E-state index contributed by atoms with van der Waals surface area (Å²) in [4.78, 5) is 25.7. The molecule has 4 atom stereocenters. The van der Waals surface area contributed by atoms with E-state index < -0.39 is 29.9 Å². The van der Waals surface area contributed by atoms with Gasteiger partial charge in [0.05, 0.1) is 31.5 Å². The number of benzene rings is 1. The first-order valence-electron chi connectivity index (χ1n) is 10.0. The first kappa shape index (κ1) is 21.5. The fourth-order valence-corrected chi connectivity index (χ4v) is 4.33. The van der Waals surface area contributed by atoms with Crippen LogP contribution in [0.5, 0.6) is 5.75 Å². The van der Waals surface area contributed by atoms with Crippen LogP contribution in [0.15, 0.2) is 29.9 Å². The molecule has 2 heterocycles. The average molecular weight is 428 g/mol. The summed E-state index contributed by atoms with van der Waals surface area (Å²) < 4.78 is 11.0. The Morgan fingerprint density at radius 3 is 2.65 bits per heavy atom. The minimum absolute atomic E-state index is 0.00811. The molecule has 1 aromatic carbocycles. The number of carbonyl (C=O) groups is 2. The summed E-state index contributed by atoms with van der Waals surface area (Å²) in [6.07, 6.45) is 4.10. The highest BCUT2D eigenvalue weighted by atomic mass is 16.6. The maximum atomic E-state index is 13.2. The van der Waals surface area contributed by atoms with Gasteiger partial charge in [-0.1, -0.05) is 24.3 Å². The van der Waals surface area contributed by atoms with Crippen molar-refractivity contribution in [2.75, 3.05) is 13.2 Å². The predicted molar refractivity (Wildman–Crippen MR) is 110 cm³/mol. The van der Waals surface area contributed by atoms with Crippen LogP contribution in [0.1, 0.15) is 47.3 Å². The van der Waals surface area contributed by atoms with E-state index in [2.05, 4.69) is 0 Å². The van der Waals surface area contributed by atoms with Gasteiger partial charge in [0, 0.05) is 17.6 Å². The van der Waals surface area contributed by atoms with Crippen molar-refractivity contribution in [3.05, 3.63) is 52.1 Å². The number of phenols is 1. The first-order valence-corrected chi connectivity index (χ1v) is 10.0. The van der Waals surface area contributed by atoms with Crippen molar-refractivity contribution in [2.24, 2.45) is 0 Å².